The van der Waals surface area contributed by atoms with Crippen molar-refractivity contribution in [3.05, 3.63) is 23.4 Å². The fourth-order valence-electron chi connectivity index (χ4n) is 2.33. The van der Waals surface area contributed by atoms with E-state index in [4.69, 9.17) is 0 Å². The third kappa shape index (κ3) is 3.39. The lowest BCUT2D eigenvalue weighted by Crippen LogP contribution is -2.37. The average Bonchev–Trinajstić information content (AvgIpc) is 2.36. The van der Waals surface area contributed by atoms with Gasteiger partial charge in [0.1, 0.15) is 5.82 Å². The summed E-state index contributed by atoms with van der Waals surface area (Å²) in [7, 11) is 0. The predicted molar refractivity (Wildman–Crippen MR) is 80.5 cm³/mol. The molecule has 1 atom stereocenters. The predicted octanol–water partition coefficient (Wildman–Crippen LogP) is 2.44. The fraction of sp³-hybridized carbons (Fsp3) is 0.643. The summed E-state index contributed by atoms with van der Waals surface area (Å²) < 4.78 is 0. The Morgan fingerprint density at radius 2 is 2.39 bits per heavy atom. The number of nitrogens with one attached hydrogen (secondary N) is 1. The van der Waals surface area contributed by atoms with Crippen LogP contribution in [0.5, 0.6) is 0 Å². The van der Waals surface area contributed by atoms with Crippen molar-refractivity contribution in [1.29, 1.82) is 0 Å². The van der Waals surface area contributed by atoms with Crippen LogP contribution in [0.4, 0.5) is 5.82 Å². The minimum Gasteiger partial charge on any atom is -0.354 e. The standard InChI is InChI=1S/C14H23N3S/c1-4-15-8-13-7-11(2)14(16-9-13)17-5-6-18-12(3)10-17/h7,9,12,15H,4-6,8,10H2,1-3H3. The van der Waals surface area contributed by atoms with Crippen molar-refractivity contribution in [3.8, 4) is 0 Å². The highest BCUT2D eigenvalue weighted by molar-refractivity contribution is 8.00. The lowest BCUT2D eigenvalue weighted by Gasteiger charge is -2.32. The van der Waals surface area contributed by atoms with Crippen LogP contribution in [0.15, 0.2) is 12.3 Å². The van der Waals surface area contributed by atoms with E-state index >= 15 is 0 Å². The van der Waals surface area contributed by atoms with Gasteiger partial charge in [-0.15, -0.1) is 0 Å². The van der Waals surface area contributed by atoms with Gasteiger partial charge >= 0.3 is 0 Å². The number of nitrogens with zero attached hydrogens (tertiary/aromatic N) is 2. The molecule has 0 bridgehead atoms. The topological polar surface area (TPSA) is 28.2 Å². The lowest BCUT2D eigenvalue weighted by molar-refractivity contribution is 0.720. The summed E-state index contributed by atoms with van der Waals surface area (Å²) >= 11 is 2.06. The average molecular weight is 265 g/mol. The van der Waals surface area contributed by atoms with E-state index in [0.717, 1.165) is 26.2 Å². The van der Waals surface area contributed by atoms with Crippen molar-refractivity contribution in [2.75, 3.05) is 30.3 Å². The normalized spacial score (nSPS) is 20.2. The van der Waals surface area contributed by atoms with E-state index in [1.165, 1.54) is 22.7 Å². The molecule has 0 aromatic carbocycles. The maximum absolute atomic E-state index is 4.67. The Hall–Kier alpha value is -0.740. The van der Waals surface area contributed by atoms with Crippen LogP contribution < -0.4 is 10.2 Å². The molecule has 1 N–H and O–H groups in total. The molecule has 2 rings (SSSR count). The molecule has 1 fully saturated rings. The minimum atomic E-state index is 0.710. The molecule has 2 heterocycles. The molecule has 4 heteroatoms. The summed E-state index contributed by atoms with van der Waals surface area (Å²) in [5, 5.41) is 4.05. The first kappa shape index (κ1) is 13.7. The molecule has 1 unspecified atom stereocenters. The van der Waals surface area contributed by atoms with E-state index in [1.54, 1.807) is 0 Å². The number of hydrogen-bond acceptors (Lipinski definition) is 4. The van der Waals surface area contributed by atoms with Gasteiger partial charge in [-0.2, -0.15) is 11.8 Å². The Labute approximate surface area is 114 Å². The van der Waals surface area contributed by atoms with Gasteiger partial charge in [-0.05, 0) is 30.7 Å². The van der Waals surface area contributed by atoms with Crippen molar-refractivity contribution in [2.24, 2.45) is 0 Å². The molecular formula is C14H23N3S. The van der Waals surface area contributed by atoms with Crippen LogP contribution in [0.1, 0.15) is 25.0 Å². The zero-order valence-electron chi connectivity index (χ0n) is 11.6. The highest BCUT2D eigenvalue weighted by Crippen LogP contribution is 2.25. The van der Waals surface area contributed by atoms with E-state index in [2.05, 4.69) is 53.8 Å². The second kappa shape index (κ2) is 6.43. The van der Waals surface area contributed by atoms with E-state index in [1.807, 2.05) is 6.20 Å². The van der Waals surface area contributed by atoms with Crippen LogP contribution >= 0.6 is 11.8 Å². The highest BCUT2D eigenvalue weighted by Gasteiger charge is 2.19. The summed E-state index contributed by atoms with van der Waals surface area (Å²) in [4.78, 5) is 7.09. The van der Waals surface area contributed by atoms with E-state index < -0.39 is 0 Å². The number of aromatic nitrogens is 1. The van der Waals surface area contributed by atoms with Gasteiger partial charge < -0.3 is 10.2 Å². The summed E-state index contributed by atoms with van der Waals surface area (Å²) in [5.41, 5.74) is 2.57. The second-order valence-corrected chi connectivity index (χ2v) is 6.44. The molecule has 1 aromatic heterocycles. The molecule has 1 saturated heterocycles. The van der Waals surface area contributed by atoms with Crippen molar-refractivity contribution in [3.63, 3.8) is 0 Å². The first-order valence-corrected chi connectivity index (χ1v) is 7.78. The second-order valence-electron chi connectivity index (χ2n) is 4.89. The van der Waals surface area contributed by atoms with Crippen molar-refractivity contribution >= 4 is 17.6 Å². The Morgan fingerprint density at radius 1 is 1.56 bits per heavy atom. The molecule has 1 aliphatic heterocycles. The Morgan fingerprint density at radius 3 is 3.06 bits per heavy atom. The molecule has 1 aromatic rings. The van der Waals surface area contributed by atoms with Gasteiger partial charge in [0.15, 0.2) is 0 Å². The lowest BCUT2D eigenvalue weighted by atomic mass is 10.2. The van der Waals surface area contributed by atoms with Crippen LogP contribution in [0, 0.1) is 6.92 Å². The Kier molecular flexibility index (Phi) is 4.89. The monoisotopic (exact) mass is 265 g/mol. The quantitative estimate of drug-likeness (QED) is 0.905. The van der Waals surface area contributed by atoms with Crippen molar-refractivity contribution < 1.29 is 0 Å². The first-order chi connectivity index (χ1) is 8.70. The largest absolute Gasteiger partial charge is 0.354 e. The van der Waals surface area contributed by atoms with Crippen LogP contribution in [0.25, 0.3) is 0 Å². The molecule has 0 radical (unpaired) electrons. The van der Waals surface area contributed by atoms with Crippen molar-refractivity contribution in [1.82, 2.24) is 10.3 Å². The van der Waals surface area contributed by atoms with Gasteiger partial charge in [0.25, 0.3) is 0 Å². The van der Waals surface area contributed by atoms with Gasteiger partial charge in [-0.25, -0.2) is 4.98 Å². The molecule has 0 spiro atoms. The Balaban J connectivity index is 2.08. The first-order valence-electron chi connectivity index (χ1n) is 6.73. The van der Waals surface area contributed by atoms with E-state index in [9.17, 15) is 0 Å². The van der Waals surface area contributed by atoms with Gasteiger partial charge in [0.05, 0.1) is 0 Å². The van der Waals surface area contributed by atoms with Gasteiger partial charge in [-0.3, -0.25) is 0 Å². The van der Waals surface area contributed by atoms with Crippen LogP contribution in [0.3, 0.4) is 0 Å². The summed E-state index contributed by atoms with van der Waals surface area (Å²) in [6.07, 6.45) is 2.01. The Bertz CT molecular complexity index is 395. The molecule has 18 heavy (non-hydrogen) atoms. The zero-order chi connectivity index (χ0) is 13.0. The van der Waals surface area contributed by atoms with E-state index in [-0.39, 0.29) is 0 Å². The molecule has 3 nitrogen and oxygen atoms in total. The smallest absolute Gasteiger partial charge is 0.131 e. The van der Waals surface area contributed by atoms with Gasteiger partial charge in [0.2, 0.25) is 0 Å². The number of pyridine rings is 1. The molecule has 100 valence electrons. The molecule has 1 aliphatic rings. The molecule has 0 saturated carbocycles. The number of hydrogen-bond donors (Lipinski definition) is 1. The van der Waals surface area contributed by atoms with E-state index in [0.29, 0.717) is 5.25 Å². The van der Waals surface area contributed by atoms with Crippen molar-refractivity contribution in [2.45, 2.75) is 32.6 Å². The molecule has 0 aliphatic carbocycles. The number of anilines is 1. The van der Waals surface area contributed by atoms with Gasteiger partial charge in [-0.1, -0.05) is 13.8 Å². The maximum Gasteiger partial charge on any atom is 0.131 e. The summed E-state index contributed by atoms with van der Waals surface area (Å²) in [6.45, 7) is 10.7. The number of aryl methyl sites for hydroxylation is 1. The molecule has 0 amide bonds. The maximum atomic E-state index is 4.67. The van der Waals surface area contributed by atoms with Crippen LogP contribution in [0.2, 0.25) is 0 Å². The molecular weight excluding hydrogens is 242 g/mol. The third-order valence-corrected chi connectivity index (χ3v) is 4.36. The highest BCUT2D eigenvalue weighted by atomic mass is 32.2. The zero-order valence-corrected chi connectivity index (χ0v) is 12.4. The third-order valence-electron chi connectivity index (χ3n) is 3.23. The SMILES string of the molecule is CCNCc1cnc(N2CCSC(C)C2)c(C)c1. The number of thioether (sulfide) groups is 1. The number of rotatable bonds is 4. The minimum absolute atomic E-state index is 0.710. The summed E-state index contributed by atoms with van der Waals surface area (Å²) in [6, 6.07) is 2.26. The van der Waals surface area contributed by atoms with Crippen LogP contribution in [-0.4, -0.2) is 35.6 Å². The summed E-state index contributed by atoms with van der Waals surface area (Å²) in [5.74, 6) is 2.38. The van der Waals surface area contributed by atoms with Crippen LogP contribution in [-0.2, 0) is 6.54 Å². The fourth-order valence-corrected chi connectivity index (χ4v) is 3.35. The van der Waals surface area contributed by atoms with Gasteiger partial charge in [0, 0.05) is 36.8 Å².